The minimum atomic E-state index is -0.0627. The number of pyridine rings is 1. The van der Waals surface area contributed by atoms with Gasteiger partial charge in [0.25, 0.3) is 0 Å². The number of rotatable bonds is 3. The average Bonchev–Trinajstić information content (AvgIpc) is 2.90. The average molecular weight is 254 g/mol. The van der Waals surface area contributed by atoms with Crippen LogP contribution in [0.4, 0.5) is 0 Å². The van der Waals surface area contributed by atoms with E-state index in [0.717, 1.165) is 29.8 Å². The molecule has 0 radical (unpaired) electrons. The first-order chi connectivity index (χ1) is 9.31. The van der Waals surface area contributed by atoms with E-state index in [1.807, 2.05) is 36.5 Å². The zero-order valence-corrected chi connectivity index (χ0v) is 11.0. The summed E-state index contributed by atoms with van der Waals surface area (Å²) in [5.41, 5.74) is 10.0. The van der Waals surface area contributed by atoms with Gasteiger partial charge in [0, 0.05) is 29.4 Å². The van der Waals surface area contributed by atoms with E-state index in [9.17, 15) is 0 Å². The minimum absolute atomic E-state index is 0.0627. The molecule has 1 heterocycles. The molecule has 2 unspecified atom stereocenters. The summed E-state index contributed by atoms with van der Waals surface area (Å²) in [6.45, 7) is 0. The standard InChI is InChI=1S/C16H18N2O/c1-19-14-7-3-2-6-12(14)15(17)13-9-8-11-5-4-10-18-16(11)13/h2-7,10,13,15H,8-9,17H2,1H3. The number of fused-ring (bicyclic) bond motifs is 1. The molecule has 3 nitrogen and oxygen atoms in total. The fourth-order valence-corrected chi connectivity index (χ4v) is 2.95. The quantitative estimate of drug-likeness (QED) is 0.916. The van der Waals surface area contributed by atoms with Crippen LogP contribution < -0.4 is 10.5 Å². The molecule has 0 aliphatic heterocycles. The second kappa shape index (κ2) is 5.02. The first-order valence-corrected chi connectivity index (χ1v) is 6.63. The maximum Gasteiger partial charge on any atom is 0.123 e. The van der Waals surface area contributed by atoms with E-state index in [1.54, 1.807) is 7.11 Å². The predicted octanol–water partition coefficient (Wildman–Crippen LogP) is 2.82. The number of hydrogen-bond acceptors (Lipinski definition) is 3. The van der Waals surface area contributed by atoms with Crippen LogP contribution in [0.1, 0.15) is 35.2 Å². The molecule has 19 heavy (non-hydrogen) atoms. The predicted molar refractivity (Wildman–Crippen MR) is 75.2 cm³/mol. The first-order valence-electron chi connectivity index (χ1n) is 6.63. The molecule has 0 saturated heterocycles. The van der Waals surface area contributed by atoms with Gasteiger partial charge in [0.2, 0.25) is 0 Å². The van der Waals surface area contributed by atoms with Crippen LogP contribution in [0.25, 0.3) is 0 Å². The van der Waals surface area contributed by atoms with Gasteiger partial charge in [0.05, 0.1) is 7.11 Å². The molecule has 0 fully saturated rings. The number of ether oxygens (including phenoxy) is 1. The Hall–Kier alpha value is -1.87. The summed E-state index contributed by atoms with van der Waals surface area (Å²) in [4.78, 5) is 4.52. The second-order valence-corrected chi connectivity index (χ2v) is 4.96. The highest BCUT2D eigenvalue weighted by molar-refractivity contribution is 5.40. The lowest BCUT2D eigenvalue weighted by molar-refractivity contribution is 0.400. The van der Waals surface area contributed by atoms with Gasteiger partial charge in [0.15, 0.2) is 0 Å². The van der Waals surface area contributed by atoms with E-state index in [0.29, 0.717) is 0 Å². The van der Waals surface area contributed by atoms with Crippen molar-refractivity contribution in [3.05, 3.63) is 59.4 Å². The summed E-state index contributed by atoms with van der Waals surface area (Å²) in [6.07, 6.45) is 3.98. The number of para-hydroxylation sites is 1. The van der Waals surface area contributed by atoms with E-state index in [4.69, 9.17) is 10.5 Å². The Morgan fingerprint density at radius 1 is 1.26 bits per heavy atom. The van der Waals surface area contributed by atoms with Crippen LogP contribution in [0.5, 0.6) is 5.75 Å². The topological polar surface area (TPSA) is 48.1 Å². The molecule has 1 aromatic carbocycles. The van der Waals surface area contributed by atoms with Crippen LogP contribution in [0, 0.1) is 0 Å². The van der Waals surface area contributed by atoms with Gasteiger partial charge in [0.1, 0.15) is 5.75 Å². The van der Waals surface area contributed by atoms with Crippen LogP contribution >= 0.6 is 0 Å². The number of aryl methyl sites for hydroxylation is 1. The highest BCUT2D eigenvalue weighted by atomic mass is 16.5. The summed E-state index contributed by atoms with van der Waals surface area (Å²) >= 11 is 0. The Balaban J connectivity index is 1.95. The van der Waals surface area contributed by atoms with E-state index >= 15 is 0 Å². The molecule has 3 heteroatoms. The third-order valence-corrected chi connectivity index (χ3v) is 3.93. The zero-order chi connectivity index (χ0) is 13.2. The number of benzene rings is 1. The van der Waals surface area contributed by atoms with Crippen LogP contribution in [-0.2, 0) is 6.42 Å². The van der Waals surface area contributed by atoms with Crippen molar-refractivity contribution in [2.45, 2.75) is 24.8 Å². The van der Waals surface area contributed by atoms with Crippen molar-refractivity contribution < 1.29 is 4.74 Å². The molecule has 1 aliphatic carbocycles. The summed E-state index contributed by atoms with van der Waals surface area (Å²) in [5.74, 6) is 1.15. The maximum atomic E-state index is 6.47. The fourth-order valence-electron chi connectivity index (χ4n) is 2.95. The smallest absolute Gasteiger partial charge is 0.123 e. The van der Waals surface area contributed by atoms with E-state index in [1.165, 1.54) is 5.56 Å². The largest absolute Gasteiger partial charge is 0.496 e. The van der Waals surface area contributed by atoms with Crippen LogP contribution in [-0.4, -0.2) is 12.1 Å². The van der Waals surface area contributed by atoms with Gasteiger partial charge in [-0.2, -0.15) is 0 Å². The third-order valence-electron chi connectivity index (χ3n) is 3.93. The zero-order valence-electron chi connectivity index (χ0n) is 11.0. The van der Waals surface area contributed by atoms with E-state index < -0.39 is 0 Å². The number of methoxy groups -OCH3 is 1. The first kappa shape index (κ1) is 12.2. The summed E-state index contributed by atoms with van der Waals surface area (Å²) in [5, 5.41) is 0. The van der Waals surface area contributed by atoms with Gasteiger partial charge >= 0.3 is 0 Å². The molecule has 2 N–H and O–H groups in total. The fraction of sp³-hybridized carbons (Fsp3) is 0.312. The monoisotopic (exact) mass is 254 g/mol. The Morgan fingerprint density at radius 2 is 2.11 bits per heavy atom. The van der Waals surface area contributed by atoms with Gasteiger partial charge in [-0.05, 0) is 30.5 Å². The molecular formula is C16H18N2O. The van der Waals surface area contributed by atoms with Gasteiger partial charge in [-0.3, -0.25) is 4.98 Å². The molecule has 0 saturated carbocycles. The lowest BCUT2D eigenvalue weighted by atomic mass is 9.91. The lowest BCUT2D eigenvalue weighted by Gasteiger charge is -2.21. The van der Waals surface area contributed by atoms with E-state index in [-0.39, 0.29) is 12.0 Å². The second-order valence-electron chi connectivity index (χ2n) is 4.96. The number of hydrogen-bond donors (Lipinski definition) is 1. The molecule has 2 aromatic rings. The minimum Gasteiger partial charge on any atom is -0.496 e. The number of aromatic nitrogens is 1. The summed E-state index contributed by atoms with van der Waals surface area (Å²) in [6, 6.07) is 12.1. The maximum absolute atomic E-state index is 6.47. The van der Waals surface area contributed by atoms with Gasteiger partial charge < -0.3 is 10.5 Å². The Kier molecular flexibility index (Phi) is 3.22. The highest BCUT2D eigenvalue weighted by Gasteiger charge is 2.30. The Labute approximate surface area is 113 Å². The molecule has 2 atom stereocenters. The SMILES string of the molecule is COc1ccccc1C(N)C1CCc2cccnc21. The molecule has 98 valence electrons. The van der Waals surface area contributed by atoms with Crippen LogP contribution in [0.15, 0.2) is 42.6 Å². The molecular weight excluding hydrogens is 236 g/mol. The van der Waals surface area contributed by atoms with Crippen molar-refractivity contribution in [2.75, 3.05) is 7.11 Å². The lowest BCUT2D eigenvalue weighted by Crippen LogP contribution is -2.19. The molecule has 1 aromatic heterocycles. The molecule has 3 rings (SSSR count). The Bertz CT molecular complexity index is 582. The van der Waals surface area contributed by atoms with Gasteiger partial charge in [-0.15, -0.1) is 0 Å². The third kappa shape index (κ3) is 2.10. The van der Waals surface area contributed by atoms with Crippen molar-refractivity contribution in [1.82, 2.24) is 4.98 Å². The van der Waals surface area contributed by atoms with Crippen molar-refractivity contribution >= 4 is 0 Å². The van der Waals surface area contributed by atoms with Crippen molar-refractivity contribution in [1.29, 1.82) is 0 Å². The van der Waals surface area contributed by atoms with Gasteiger partial charge in [-0.25, -0.2) is 0 Å². The molecule has 0 amide bonds. The summed E-state index contributed by atoms with van der Waals surface area (Å²) in [7, 11) is 1.69. The van der Waals surface area contributed by atoms with Crippen LogP contribution in [0.2, 0.25) is 0 Å². The molecule has 0 spiro atoms. The molecule has 1 aliphatic rings. The van der Waals surface area contributed by atoms with Crippen molar-refractivity contribution in [3.8, 4) is 5.75 Å². The number of nitrogens with two attached hydrogens (primary N) is 1. The van der Waals surface area contributed by atoms with Crippen molar-refractivity contribution in [2.24, 2.45) is 5.73 Å². The molecule has 0 bridgehead atoms. The van der Waals surface area contributed by atoms with Crippen molar-refractivity contribution in [3.63, 3.8) is 0 Å². The van der Waals surface area contributed by atoms with Crippen LogP contribution in [0.3, 0.4) is 0 Å². The Morgan fingerprint density at radius 3 is 2.95 bits per heavy atom. The normalized spacial score (nSPS) is 18.9. The summed E-state index contributed by atoms with van der Waals surface area (Å²) < 4.78 is 5.41. The van der Waals surface area contributed by atoms with E-state index in [2.05, 4.69) is 11.1 Å². The number of nitrogens with zero attached hydrogens (tertiary/aromatic N) is 1. The highest BCUT2D eigenvalue weighted by Crippen LogP contribution is 2.41. The van der Waals surface area contributed by atoms with Gasteiger partial charge in [-0.1, -0.05) is 24.3 Å².